The van der Waals surface area contributed by atoms with Crippen molar-refractivity contribution in [2.24, 2.45) is 34.5 Å². The summed E-state index contributed by atoms with van der Waals surface area (Å²) in [6.07, 6.45) is 8.61. The summed E-state index contributed by atoms with van der Waals surface area (Å²) < 4.78 is 78.7. The van der Waals surface area contributed by atoms with Gasteiger partial charge in [0.05, 0.1) is 24.3 Å². The standard InChI is InChI=1S/C22H31F3O5S.C10H9NO2.CH4/c1-19-9-10-21(28-11-12-29-21)13-14(19)3-4-15-16-5-6-18(20(16,2)8-7-17(15)19)30-31(26,27)22(23,24)25;1-2-11-9(12)7-5-3-4-6-8(7)10(11)13;/h6,14-17H,3-5,7-13H2,1-2H3;3-6H,2H2,1H3;1H4. The molecule has 1 spiro atoms. The number of amides is 2. The summed E-state index contributed by atoms with van der Waals surface area (Å²) in [6.45, 7) is 7.82. The van der Waals surface area contributed by atoms with Crippen LogP contribution in [-0.4, -0.2) is 56.2 Å². The maximum absolute atomic E-state index is 12.9. The first-order chi connectivity index (χ1) is 20.7. The maximum atomic E-state index is 12.9. The number of hydrogen-bond acceptors (Lipinski definition) is 7. The molecule has 250 valence electrons. The van der Waals surface area contributed by atoms with Crippen LogP contribution in [0.1, 0.15) is 100 Å². The Bertz CT molecular complexity index is 1440. The Kier molecular flexibility index (Phi) is 8.79. The van der Waals surface area contributed by atoms with Crippen molar-refractivity contribution in [2.75, 3.05) is 19.8 Å². The predicted octanol–water partition coefficient (Wildman–Crippen LogP) is 7.07. The molecule has 45 heavy (non-hydrogen) atoms. The predicted molar refractivity (Wildman–Crippen MR) is 160 cm³/mol. The third-order valence-corrected chi connectivity index (χ3v) is 12.6. The maximum Gasteiger partial charge on any atom is 0.534 e. The summed E-state index contributed by atoms with van der Waals surface area (Å²) in [4.78, 5) is 24.3. The van der Waals surface area contributed by atoms with E-state index in [4.69, 9.17) is 9.47 Å². The molecule has 7 rings (SSSR count). The smallest absolute Gasteiger partial charge is 0.380 e. The topological polar surface area (TPSA) is 99.2 Å². The first kappa shape index (κ1) is 33.9. The highest BCUT2D eigenvalue weighted by Gasteiger charge is 2.62. The number of carbonyl (C=O) groups excluding carboxylic acids is 2. The first-order valence-electron chi connectivity index (χ1n) is 15.6. The summed E-state index contributed by atoms with van der Waals surface area (Å²) in [5.74, 6) is 0.711. The second-order valence-corrected chi connectivity index (χ2v) is 15.2. The average Bonchev–Trinajstić information content (AvgIpc) is 3.64. The lowest BCUT2D eigenvalue weighted by Gasteiger charge is -2.61. The van der Waals surface area contributed by atoms with Crippen LogP contribution < -0.4 is 0 Å². The van der Waals surface area contributed by atoms with Crippen molar-refractivity contribution in [1.29, 1.82) is 0 Å². The van der Waals surface area contributed by atoms with E-state index in [1.54, 1.807) is 37.3 Å². The van der Waals surface area contributed by atoms with Gasteiger partial charge in [0, 0.05) is 24.8 Å². The molecule has 2 amide bonds. The third kappa shape index (κ3) is 5.42. The van der Waals surface area contributed by atoms with Crippen LogP contribution in [0.4, 0.5) is 13.2 Å². The number of nitrogens with zero attached hydrogens (tertiary/aromatic N) is 1. The molecule has 2 heterocycles. The molecule has 1 saturated heterocycles. The molecule has 6 unspecified atom stereocenters. The van der Waals surface area contributed by atoms with E-state index in [-0.39, 0.29) is 36.3 Å². The lowest BCUT2D eigenvalue weighted by molar-refractivity contribution is -0.228. The van der Waals surface area contributed by atoms with E-state index in [0.717, 1.165) is 38.5 Å². The van der Waals surface area contributed by atoms with Gasteiger partial charge < -0.3 is 13.7 Å². The van der Waals surface area contributed by atoms with Crippen molar-refractivity contribution in [1.82, 2.24) is 4.90 Å². The number of carbonyl (C=O) groups is 2. The zero-order valence-electron chi connectivity index (χ0n) is 25.3. The highest BCUT2D eigenvalue weighted by molar-refractivity contribution is 7.87. The molecular weight excluding hydrogens is 611 g/mol. The Morgan fingerprint density at radius 2 is 1.58 bits per heavy atom. The number of alkyl halides is 3. The van der Waals surface area contributed by atoms with Gasteiger partial charge in [-0.15, -0.1) is 0 Å². The van der Waals surface area contributed by atoms with Crippen LogP contribution in [0.2, 0.25) is 0 Å². The number of benzene rings is 1. The molecule has 0 bridgehead atoms. The average molecular weight is 656 g/mol. The van der Waals surface area contributed by atoms with Crippen molar-refractivity contribution >= 4 is 21.9 Å². The van der Waals surface area contributed by atoms with E-state index in [0.29, 0.717) is 61.5 Å². The van der Waals surface area contributed by atoms with Crippen LogP contribution in [0.5, 0.6) is 0 Å². The van der Waals surface area contributed by atoms with Gasteiger partial charge in [0.2, 0.25) is 0 Å². The van der Waals surface area contributed by atoms with Gasteiger partial charge in [-0.1, -0.05) is 33.4 Å². The van der Waals surface area contributed by atoms with Crippen LogP contribution in [0.15, 0.2) is 36.1 Å². The van der Waals surface area contributed by atoms with Gasteiger partial charge in [-0.3, -0.25) is 14.5 Å². The molecule has 2 aliphatic heterocycles. The SMILES string of the molecule is C.CC12CCC3C(CCC4CC5(CCC43C)OCCO5)C1CC=C2OS(=O)(=O)C(F)(F)F.CCN1C(=O)c2ccccc2C1=O. The second-order valence-electron chi connectivity index (χ2n) is 13.6. The Morgan fingerprint density at radius 1 is 0.956 bits per heavy atom. The second kappa shape index (κ2) is 11.7. The largest absolute Gasteiger partial charge is 0.534 e. The number of allylic oxidation sites excluding steroid dienone is 2. The summed E-state index contributed by atoms with van der Waals surface area (Å²) in [5.41, 5.74) is -4.86. The molecule has 1 aromatic carbocycles. The van der Waals surface area contributed by atoms with Crippen molar-refractivity contribution in [3.8, 4) is 0 Å². The van der Waals surface area contributed by atoms with Gasteiger partial charge in [-0.05, 0) is 92.7 Å². The third-order valence-electron chi connectivity index (χ3n) is 11.7. The molecule has 12 heteroatoms. The Balaban J connectivity index is 0.000000240. The van der Waals surface area contributed by atoms with Crippen molar-refractivity contribution in [3.63, 3.8) is 0 Å². The van der Waals surface area contributed by atoms with E-state index in [2.05, 4.69) is 11.1 Å². The lowest BCUT2D eigenvalue weighted by atomic mass is 9.45. The Labute approximate surface area is 263 Å². The number of imide groups is 1. The van der Waals surface area contributed by atoms with E-state index < -0.39 is 26.8 Å². The molecule has 6 aliphatic rings. The van der Waals surface area contributed by atoms with E-state index >= 15 is 0 Å². The zero-order valence-corrected chi connectivity index (χ0v) is 26.1. The number of ether oxygens (including phenoxy) is 2. The summed E-state index contributed by atoms with van der Waals surface area (Å²) >= 11 is 0. The van der Waals surface area contributed by atoms with E-state index in [1.807, 2.05) is 6.92 Å². The van der Waals surface area contributed by atoms with Gasteiger partial charge in [-0.2, -0.15) is 21.6 Å². The number of fused-ring (bicyclic) bond motifs is 6. The minimum atomic E-state index is -5.64. The molecule has 6 atom stereocenters. The first-order valence-corrected chi connectivity index (χ1v) is 17.0. The van der Waals surface area contributed by atoms with Crippen molar-refractivity contribution < 1.29 is 44.8 Å². The fourth-order valence-corrected chi connectivity index (χ4v) is 9.89. The number of rotatable bonds is 3. The molecule has 1 aromatic rings. The number of halogens is 3. The van der Waals surface area contributed by atoms with E-state index in [1.165, 1.54) is 4.90 Å². The molecular formula is C33H44F3NO7S. The fraction of sp³-hybridized carbons (Fsp3) is 0.697. The Morgan fingerprint density at radius 3 is 2.16 bits per heavy atom. The van der Waals surface area contributed by atoms with Gasteiger partial charge in [0.25, 0.3) is 11.8 Å². The van der Waals surface area contributed by atoms with Gasteiger partial charge in [0.15, 0.2) is 5.79 Å². The highest BCUT2D eigenvalue weighted by atomic mass is 32.2. The number of hydrogen-bond donors (Lipinski definition) is 0. The van der Waals surface area contributed by atoms with Crippen molar-refractivity contribution in [3.05, 3.63) is 47.2 Å². The lowest BCUT2D eigenvalue weighted by Crippen LogP contribution is -2.56. The zero-order chi connectivity index (χ0) is 31.7. The quantitative estimate of drug-likeness (QED) is 0.195. The van der Waals surface area contributed by atoms with Crippen LogP contribution >= 0.6 is 0 Å². The monoisotopic (exact) mass is 655 g/mol. The highest BCUT2D eigenvalue weighted by Crippen LogP contribution is 2.67. The summed E-state index contributed by atoms with van der Waals surface area (Å²) in [7, 11) is -5.64. The minimum Gasteiger partial charge on any atom is -0.380 e. The summed E-state index contributed by atoms with van der Waals surface area (Å²) in [6, 6.07) is 6.91. The fourth-order valence-electron chi connectivity index (χ4n) is 9.31. The molecule has 0 N–H and O–H groups in total. The molecule has 4 fully saturated rings. The van der Waals surface area contributed by atoms with Crippen molar-refractivity contribution in [2.45, 2.75) is 90.9 Å². The van der Waals surface area contributed by atoms with Crippen LogP contribution in [-0.2, 0) is 23.8 Å². The van der Waals surface area contributed by atoms with Crippen LogP contribution in [0, 0.1) is 34.5 Å². The minimum absolute atomic E-state index is 0. The molecule has 4 aliphatic carbocycles. The normalized spacial score (nSPS) is 34.9. The summed E-state index contributed by atoms with van der Waals surface area (Å²) in [5, 5.41) is 0. The molecule has 0 aromatic heterocycles. The molecule has 8 nitrogen and oxygen atoms in total. The molecule has 3 saturated carbocycles. The van der Waals surface area contributed by atoms with Gasteiger partial charge >= 0.3 is 15.6 Å². The molecule has 0 radical (unpaired) electrons. The Hall–Kier alpha value is -2.44. The van der Waals surface area contributed by atoms with Gasteiger partial charge in [0.1, 0.15) is 5.76 Å². The van der Waals surface area contributed by atoms with Gasteiger partial charge in [-0.25, -0.2) is 0 Å². The van der Waals surface area contributed by atoms with E-state index in [9.17, 15) is 31.2 Å². The van der Waals surface area contributed by atoms with Crippen LogP contribution in [0.25, 0.3) is 0 Å². The van der Waals surface area contributed by atoms with Crippen LogP contribution in [0.3, 0.4) is 0 Å².